The molecule has 2 N–H and O–H groups in total. The molecule has 1 atom stereocenters. The predicted octanol–water partition coefficient (Wildman–Crippen LogP) is 3.92. The Hall–Kier alpha value is -2.62. The van der Waals surface area contributed by atoms with Gasteiger partial charge in [0.15, 0.2) is 0 Å². The molecular weight excluding hydrogens is 312 g/mol. The summed E-state index contributed by atoms with van der Waals surface area (Å²) in [6, 6.07) is 17.9. The van der Waals surface area contributed by atoms with Crippen molar-refractivity contribution in [2.24, 2.45) is 5.92 Å². The van der Waals surface area contributed by atoms with Crippen molar-refractivity contribution in [3.8, 4) is 0 Å². The fraction of sp³-hybridized carbons (Fsp3) is 0.333. The molecule has 0 spiro atoms. The van der Waals surface area contributed by atoms with Gasteiger partial charge >= 0.3 is 0 Å². The van der Waals surface area contributed by atoms with Crippen molar-refractivity contribution in [1.82, 2.24) is 5.32 Å². The van der Waals surface area contributed by atoms with Crippen LogP contribution in [0.15, 0.2) is 54.6 Å². The molecule has 0 aliphatic rings. The monoisotopic (exact) mass is 338 g/mol. The minimum absolute atomic E-state index is 0.0606. The summed E-state index contributed by atoms with van der Waals surface area (Å²) in [4.78, 5) is 23.2. The molecule has 2 aromatic rings. The smallest absolute Gasteiger partial charge is 0.221 e. The average molecular weight is 338 g/mol. The van der Waals surface area contributed by atoms with E-state index in [0.29, 0.717) is 18.9 Å². The molecule has 4 nitrogen and oxygen atoms in total. The Morgan fingerprint density at radius 3 is 2.44 bits per heavy atom. The van der Waals surface area contributed by atoms with Crippen molar-refractivity contribution < 1.29 is 9.59 Å². The van der Waals surface area contributed by atoms with E-state index >= 15 is 0 Å². The van der Waals surface area contributed by atoms with Gasteiger partial charge in [-0.2, -0.15) is 0 Å². The molecule has 0 saturated heterocycles. The van der Waals surface area contributed by atoms with Crippen LogP contribution in [0, 0.1) is 5.92 Å². The lowest BCUT2D eigenvalue weighted by molar-refractivity contribution is -0.122. The molecule has 132 valence electrons. The third-order valence-electron chi connectivity index (χ3n) is 4.04. The maximum atomic E-state index is 12.1. The van der Waals surface area contributed by atoms with Gasteiger partial charge in [0.2, 0.25) is 11.8 Å². The van der Waals surface area contributed by atoms with Crippen molar-refractivity contribution >= 4 is 17.5 Å². The average Bonchev–Trinajstić information content (AvgIpc) is 2.59. The van der Waals surface area contributed by atoms with E-state index in [0.717, 1.165) is 24.1 Å². The highest BCUT2D eigenvalue weighted by Gasteiger charge is 2.09. The number of hydrogen-bond acceptors (Lipinski definition) is 2. The quantitative estimate of drug-likeness (QED) is 0.766. The highest BCUT2D eigenvalue weighted by molar-refractivity contribution is 5.88. The summed E-state index contributed by atoms with van der Waals surface area (Å²) in [6.07, 6.45) is 2.52. The lowest BCUT2D eigenvalue weighted by Crippen LogP contribution is -2.24. The van der Waals surface area contributed by atoms with E-state index < -0.39 is 0 Å². The molecule has 2 aromatic carbocycles. The normalized spacial score (nSPS) is 11.6. The summed E-state index contributed by atoms with van der Waals surface area (Å²) < 4.78 is 0. The van der Waals surface area contributed by atoms with Gasteiger partial charge < -0.3 is 10.6 Å². The van der Waals surface area contributed by atoms with Gasteiger partial charge in [-0.3, -0.25) is 9.59 Å². The van der Waals surface area contributed by atoms with E-state index in [1.165, 1.54) is 12.5 Å². The van der Waals surface area contributed by atoms with E-state index in [1.807, 2.05) is 42.5 Å². The zero-order valence-corrected chi connectivity index (χ0v) is 14.9. The molecule has 0 heterocycles. The van der Waals surface area contributed by atoms with Gasteiger partial charge in [-0.1, -0.05) is 49.4 Å². The first kappa shape index (κ1) is 18.7. The predicted molar refractivity (Wildman–Crippen MR) is 101 cm³/mol. The van der Waals surface area contributed by atoms with Gasteiger partial charge in [0, 0.05) is 25.6 Å². The minimum atomic E-state index is -0.103. The van der Waals surface area contributed by atoms with E-state index in [1.54, 1.807) is 0 Å². The Kier molecular flexibility index (Phi) is 7.20. The zero-order valence-electron chi connectivity index (χ0n) is 14.9. The summed E-state index contributed by atoms with van der Waals surface area (Å²) in [5, 5.41) is 5.70. The van der Waals surface area contributed by atoms with Crippen LogP contribution >= 0.6 is 0 Å². The highest BCUT2D eigenvalue weighted by atomic mass is 16.2. The van der Waals surface area contributed by atoms with Crippen molar-refractivity contribution in [1.29, 1.82) is 0 Å². The van der Waals surface area contributed by atoms with Gasteiger partial charge in [0.05, 0.1) is 0 Å². The van der Waals surface area contributed by atoms with Crippen molar-refractivity contribution in [3.63, 3.8) is 0 Å². The molecule has 0 aliphatic heterocycles. The maximum absolute atomic E-state index is 12.1. The second kappa shape index (κ2) is 9.62. The molecule has 2 amide bonds. The minimum Gasteiger partial charge on any atom is -0.352 e. The van der Waals surface area contributed by atoms with E-state index in [9.17, 15) is 9.59 Å². The second-order valence-corrected chi connectivity index (χ2v) is 6.49. The fourth-order valence-corrected chi connectivity index (χ4v) is 2.71. The summed E-state index contributed by atoms with van der Waals surface area (Å²) in [5.74, 6) is 0.296. The van der Waals surface area contributed by atoms with Gasteiger partial charge in [-0.25, -0.2) is 0 Å². The highest BCUT2D eigenvalue weighted by Crippen LogP contribution is 2.13. The number of hydrogen-bond donors (Lipinski definition) is 2. The van der Waals surface area contributed by atoms with Crippen LogP contribution in [0.5, 0.6) is 0 Å². The zero-order chi connectivity index (χ0) is 18.1. The number of carbonyl (C=O) groups is 2. The molecule has 2 rings (SSSR count). The van der Waals surface area contributed by atoms with Crippen LogP contribution in [-0.2, 0) is 22.6 Å². The van der Waals surface area contributed by atoms with Gasteiger partial charge in [0.1, 0.15) is 0 Å². The molecule has 4 heteroatoms. The third-order valence-corrected chi connectivity index (χ3v) is 4.04. The Morgan fingerprint density at radius 1 is 1.00 bits per heavy atom. The van der Waals surface area contributed by atoms with E-state index in [-0.39, 0.29) is 11.8 Å². The van der Waals surface area contributed by atoms with Crippen molar-refractivity contribution in [3.05, 3.63) is 65.7 Å². The lowest BCUT2D eigenvalue weighted by Gasteiger charge is -2.12. The molecule has 0 saturated carbocycles. The number of nitrogens with one attached hydrogen (secondary N) is 2. The first-order valence-electron chi connectivity index (χ1n) is 8.70. The van der Waals surface area contributed by atoms with Crippen LogP contribution < -0.4 is 10.6 Å². The molecule has 0 unspecified atom stereocenters. The number of aryl methyl sites for hydroxylation is 1. The topological polar surface area (TPSA) is 58.2 Å². The number of anilines is 1. The standard InChI is InChI=1S/C21H26N2O2/c1-16(11-12-18-7-4-3-5-8-18)13-21(25)22-15-19-9-6-10-20(14-19)23-17(2)24/h3-10,14,16H,11-13,15H2,1-2H3,(H,22,25)(H,23,24)/t16-/m1/s1. The van der Waals surface area contributed by atoms with Crippen LogP contribution in [0.2, 0.25) is 0 Å². The van der Waals surface area contributed by atoms with Gasteiger partial charge in [-0.15, -0.1) is 0 Å². The Morgan fingerprint density at radius 2 is 1.72 bits per heavy atom. The maximum Gasteiger partial charge on any atom is 0.221 e. The van der Waals surface area contributed by atoms with Crippen LogP contribution in [0.4, 0.5) is 5.69 Å². The van der Waals surface area contributed by atoms with Crippen LogP contribution in [0.3, 0.4) is 0 Å². The Balaban J connectivity index is 1.73. The number of carbonyl (C=O) groups excluding carboxylic acids is 2. The summed E-state index contributed by atoms with van der Waals surface area (Å²) in [7, 11) is 0. The van der Waals surface area contributed by atoms with Crippen molar-refractivity contribution in [2.75, 3.05) is 5.32 Å². The summed E-state index contributed by atoms with van der Waals surface area (Å²) >= 11 is 0. The number of benzene rings is 2. The Labute approximate surface area is 149 Å². The lowest BCUT2D eigenvalue weighted by atomic mass is 9.98. The molecule has 25 heavy (non-hydrogen) atoms. The fourth-order valence-electron chi connectivity index (χ4n) is 2.71. The number of rotatable bonds is 8. The number of amides is 2. The molecule has 0 aliphatic carbocycles. The second-order valence-electron chi connectivity index (χ2n) is 6.49. The van der Waals surface area contributed by atoms with E-state index in [4.69, 9.17) is 0 Å². The van der Waals surface area contributed by atoms with Crippen LogP contribution in [0.1, 0.15) is 37.8 Å². The molecule has 0 aromatic heterocycles. The molecular formula is C21H26N2O2. The Bertz CT molecular complexity index is 698. The molecule has 0 bridgehead atoms. The largest absolute Gasteiger partial charge is 0.352 e. The van der Waals surface area contributed by atoms with Gasteiger partial charge in [-0.05, 0) is 42.0 Å². The first-order chi connectivity index (χ1) is 12.0. The summed E-state index contributed by atoms with van der Waals surface area (Å²) in [5.41, 5.74) is 3.02. The van der Waals surface area contributed by atoms with Gasteiger partial charge in [0.25, 0.3) is 0 Å². The van der Waals surface area contributed by atoms with Crippen molar-refractivity contribution in [2.45, 2.75) is 39.7 Å². The molecule has 0 fully saturated rings. The van der Waals surface area contributed by atoms with E-state index in [2.05, 4.69) is 29.7 Å². The SMILES string of the molecule is CC(=O)Nc1cccc(CNC(=O)C[C@H](C)CCc2ccccc2)c1. The first-order valence-corrected chi connectivity index (χ1v) is 8.70. The molecule has 0 radical (unpaired) electrons. The van der Waals surface area contributed by atoms with Crippen LogP contribution in [0.25, 0.3) is 0 Å². The third kappa shape index (κ3) is 7.21. The van der Waals surface area contributed by atoms with Crippen LogP contribution in [-0.4, -0.2) is 11.8 Å². The summed E-state index contributed by atoms with van der Waals surface area (Å²) in [6.45, 7) is 4.06.